The molecule has 0 aliphatic carbocycles. The third-order valence-electron chi connectivity index (χ3n) is 3.51. The average molecular weight is 420 g/mol. The summed E-state index contributed by atoms with van der Waals surface area (Å²) in [6.07, 6.45) is -0.577. The summed E-state index contributed by atoms with van der Waals surface area (Å²) in [6, 6.07) is 12.2. The van der Waals surface area contributed by atoms with Crippen LogP contribution in [-0.4, -0.2) is 32.6 Å². The first-order valence-corrected chi connectivity index (χ1v) is 10.5. The van der Waals surface area contributed by atoms with Crippen LogP contribution in [0.25, 0.3) is 0 Å². The molecule has 9 heteroatoms. The van der Waals surface area contributed by atoms with Gasteiger partial charge >= 0.3 is 6.09 Å². The molecule has 0 heterocycles. The van der Waals surface area contributed by atoms with Gasteiger partial charge in [-0.3, -0.25) is 10.1 Å². The second kappa shape index (κ2) is 9.06. The number of hydrogen-bond donors (Lipinski definition) is 3. The van der Waals surface area contributed by atoms with Gasteiger partial charge in [-0.05, 0) is 70.2 Å². The van der Waals surface area contributed by atoms with Crippen LogP contribution in [0.2, 0.25) is 0 Å². The molecule has 8 nitrogen and oxygen atoms in total. The summed E-state index contributed by atoms with van der Waals surface area (Å²) < 4.78 is 32.3. The van der Waals surface area contributed by atoms with Crippen LogP contribution >= 0.6 is 0 Å². The maximum Gasteiger partial charge on any atom is 0.411 e. The molecule has 2 amide bonds. The molecular formula is C20H25N3O5S. The van der Waals surface area contributed by atoms with E-state index in [1.807, 2.05) is 0 Å². The van der Waals surface area contributed by atoms with Crippen molar-refractivity contribution < 1.29 is 22.7 Å². The van der Waals surface area contributed by atoms with E-state index in [0.717, 1.165) is 0 Å². The van der Waals surface area contributed by atoms with Crippen LogP contribution in [0.4, 0.5) is 16.2 Å². The smallest absolute Gasteiger partial charge is 0.411 e. The Hall–Kier alpha value is -2.91. The van der Waals surface area contributed by atoms with Crippen molar-refractivity contribution in [3.63, 3.8) is 0 Å². The van der Waals surface area contributed by atoms with Crippen molar-refractivity contribution in [2.24, 2.45) is 0 Å². The highest BCUT2D eigenvalue weighted by molar-refractivity contribution is 7.89. The number of sulfonamides is 1. The molecule has 0 unspecified atom stereocenters. The molecule has 0 saturated heterocycles. The highest BCUT2D eigenvalue weighted by Crippen LogP contribution is 2.19. The van der Waals surface area contributed by atoms with E-state index in [4.69, 9.17) is 4.74 Å². The summed E-state index contributed by atoms with van der Waals surface area (Å²) in [5.74, 6) is -0.411. The first-order valence-electron chi connectivity index (χ1n) is 8.99. The second-order valence-corrected chi connectivity index (χ2v) is 8.94. The van der Waals surface area contributed by atoms with Crippen LogP contribution in [0.3, 0.4) is 0 Å². The van der Waals surface area contributed by atoms with Crippen molar-refractivity contribution in [1.82, 2.24) is 4.72 Å². The average Bonchev–Trinajstić information content (AvgIpc) is 2.61. The lowest BCUT2D eigenvalue weighted by molar-refractivity contribution is 0.102. The van der Waals surface area contributed by atoms with Crippen LogP contribution in [0.15, 0.2) is 53.4 Å². The summed E-state index contributed by atoms with van der Waals surface area (Å²) in [7, 11) is -3.72. The fraction of sp³-hybridized carbons (Fsp3) is 0.300. The second-order valence-electron chi connectivity index (χ2n) is 7.26. The quantitative estimate of drug-likeness (QED) is 0.662. The molecule has 0 atom stereocenters. The van der Waals surface area contributed by atoms with Crippen LogP contribution in [0.5, 0.6) is 0 Å². The van der Waals surface area contributed by atoms with E-state index in [1.54, 1.807) is 64.1 Å². The van der Waals surface area contributed by atoms with E-state index in [2.05, 4.69) is 15.4 Å². The monoisotopic (exact) mass is 419 g/mol. The number of amides is 2. The minimum atomic E-state index is -3.72. The molecule has 2 aromatic rings. The Balaban J connectivity index is 2.10. The Morgan fingerprint density at radius 1 is 0.966 bits per heavy atom. The molecule has 0 aliphatic rings. The number of hydrogen-bond acceptors (Lipinski definition) is 5. The van der Waals surface area contributed by atoms with Crippen LogP contribution in [-0.2, 0) is 14.8 Å². The van der Waals surface area contributed by atoms with E-state index in [0.29, 0.717) is 16.9 Å². The SMILES string of the molecule is CCOC(=O)Nc1ccc(C(=O)Nc2cccc(S(=O)(=O)NC(C)(C)C)c2)cc1. The van der Waals surface area contributed by atoms with Crippen molar-refractivity contribution in [3.05, 3.63) is 54.1 Å². The maximum atomic E-state index is 12.5. The third kappa shape index (κ3) is 6.88. The van der Waals surface area contributed by atoms with E-state index in [9.17, 15) is 18.0 Å². The molecule has 0 saturated carbocycles. The van der Waals surface area contributed by atoms with Gasteiger partial charge in [-0.25, -0.2) is 17.9 Å². The van der Waals surface area contributed by atoms with Gasteiger partial charge in [0.2, 0.25) is 10.0 Å². The lowest BCUT2D eigenvalue weighted by Gasteiger charge is -2.20. The highest BCUT2D eigenvalue weighted by atomic mass is 32.2. The Morgan fingerprint density at radius 3 is 2.21 bits per heavy atom. The fourth-order valence-electron chi connectivity index (χ4n) is 2.40. The maximum absolute atomic E-state index is 12.5. The minimum Gasteiger partial charge on any atom is -0.450 e. The highest BCUT2D eigenvalue weighted by Gasteiger charge is 2.22. The van der Waals surface area contributed by atoms with Gasteiger partial charge in [0.15, 0.2) is 0 Å². The fourth-order valence-corrected chi connectivity index (χ4v) is 3.86. The molecule has 2 rings (SSSR count). The summed E-state index contributed by atoms with van der Waals surface area (Å²) in [4.78, 5) is 23.9. The molecule has 0 fully saturated rings. The standard InChI is InChI=1S/C20H25N3O5S/c1-5-28-19(25)22-15-11-9-14(10-12-15)18(24)21-16-7-6-8-17(13-16)29(26,27)23-20(2,3)4/h6-13,23H,5H2,1-4H3,(H,21,24)(H,22,25). The molecule has 3 N–H and O–H groups in total. The summed E-state index contributed by atoms with van der Waals surface area (Å²) in [5.41, 5.74) is 0.555. The number of benzene rings is 2. The van der Waals surface area contributed by atoms with Gasteiger partial charge in [-0.15, -0.1) is 0 Å². The molecule has 0 radical (unpaired) electrons. The summed E-state index contributed by atoms with van der Waals surface area (Å²) in [5, 5.41) is 5.21. The number of anilines is 2. The molecule has 156 valence electrons. The van der Waals surface area contributed by atoms with Gasteiger partial charge in [0.05, 0.1) is 11.5 Å². The van der Waals surface area contributed by atoms with Gasteiger partial charge in [-0.1, -0.05) is 6.07 Å². The van der Waals surface area contributed by atoms with Crippen molar-refractivity contribution >= 4 is 33.4 Å². The van der Waals surface area contributed by atoms with Gasteiger partial charge < -0.3 is 10.1 Å². The van der Waals surface area contributed by atoms with Crippen molar-refractivity contribution in [3.8, 4) is 0 Å². The van der Waals surface area contributed by atoms with Crippen molar-refractivity contribution in [1.29, 1.82) is 0 Å². The molecular weight excluding hydrogens is 394 g/mol. The van der Waals surface area contributed by atoms with E-state index < -0.39 is 27.6 Å². The van der Waals surface area contributed by atoms with Gasteiger partial charge in [0.1, 0.15) is 0 Å². The van der Waals surface area contributed by atoms with Crippen LogP contribution in [0, 0.1) is 0 Å². The molecule has 0 bridgehead atoms. The molecule has 0 aromatic heterocycles. The zero-order valence-corrected chi connectivity index (χ0v) is 17.6. The molecule has 0 aliphatic heterocycles. The van der Waals surface area contributed by atoms with Gasteiger partial charge in [0.25, 0.3) is 5.91 Å². The van der Waals surface area contributed by atoms with Crippen LogP contribution in [0.1, 0.15) is 38.1 Å². The van der Waals surface area contributed by atoms with Crippen molar-refractivity contribution in [2.75, 3.05) is 17.2 Å². The van der Waals surface area contributed by atoms with Crippen LogP contribution < -0.4 is 15.4 Å². The molecule has 2 aromatic carbocycles. The van der Waals surface area contributed by atoms with E-state index in [1.165, 1.54) is 12.1 Å². The zero-order valence-electron chi connectivity index (χ0n) is 16.8. The van der Waals surface area contributed by atoms with Crippen molar-refractivity contribution in [2.45, 2.75) is 38.1 Å². The number of carbonyl (C=O) groups excluding carboxylic acids is 2. The Bertz CT molecular complexity index is 980. The molecule has 0 spiro atoms. The minimum absolute atomic E-state index is 0.0548. The Labute approximate surface area is 170 Å². The number of carbonyl (C=O) groups is 2. The number of ether oxygens (including phenoxy) is 1. The van der Waals surface area contributed by atoms with E-state index in [-0.39, 0.29) is 11.5 Å². The third-order valence-corrected chi connectivity index (χ3v) is 5.27. The first-order chi connectivity index (χ1) is 13.5. The van der Waals surface area contributed by atoms with Gasteiger partial charge in [0, 0.05) is 22.5 Å². The van der Waals surface area contributed by atoms with E-state index >= 15 is 0 Å². The van der Waals surface area contributed by atoms with Gasteiger partial charge in [-0.2, -0.15) is 0 Å². The Kier molecular flexibility index (Phi) is 6.99. The Morgan fingerprint density at radius 2 is 1.62 bits per heavy atom. The number of rotatable bonds is 6. The first kappa shape index (κ1) is 22.4. The predicted octanol–water partition coefficient (Wildman–Crippen LogP) is 3.58. The lowest BCUT2D eigenvalue weighted by Crippen LogP contribution is -2.40. The lowest BCUT2D eigenvalue weighted by atomic mass is 10.1. The largest absolute Gasteiger partial charge is 0.450 e. The topological polar surface area (TPSA) is 114 Å². The summed E-state index contributed by atoms with van der Waals surface area (Å²) >= 11 is 0. The molecule has 29 heavy (non-hydrogen) atoms. The normalized spacial score (nSPS) is 11.6. The zero-order chi connectivity index (χ0) is 21.7. The predicted molar refractivity (Wildman–Crippen MR) is 112 cm³/mol. The summed E-state index contributed by atoms with van der Waals surface area (Å²) in [6.45, 7) is 7.20. The number of nitrogens with one attached hydrogen (secondary N) is 3.